The van der Waals surface area contributed by atoms with Crippen molar-refractivity contribution in [3.63, 3.8) is 0 Å². The fourth-order valence-electron chi connectivity index (χ4n) is 2.14. The molecular weight excluding hydrogens is 308 g/mol. The average molecular weight is 330 g/mol. The molecule has 2 atom stereocenters. The molecule has 6 nitrogen and oxygen atoms in total. The maximum absolute atomic E-state index is 11.6. The van der Waals surface area contributed by atoms with E-state index in [1.165, 1.54) is 0 Å². The molecule has 0 bridgehead atoms. The van der Waals surface area contributed by atoms with Gasteiger partial charge in [0.2, 0.25) is 0 Å². The van der Waals surface area contributed by atoms with Crippen molar-refractivity contribution in [1.29, 1.82) is 0 Å². The van der Waals surface area contributed by atoms with Gasteiger partial charge in [0.15, 0.2) is 0 Å². The van der Waals surface area contributed by atoms with Crippen molar-refractivity contribution in [2.45, 2.75) is 18.8 Å². The standard InChI is InChI=1S/C18H22N2O4/c1-19-15-9-7-14(8-10-15)17(22)16(21)11-20-18(23)24-12-13-5-3-2-4-6-13/h2-10,16-17,19,21-22H,11-12H2,1H3,(H,20,23). The summed E-state index contributed by atoms with van der Waals surface area (Å²) in [5.41, 5.74) is 2.35. The number of ether oxygens (including phenoxy) is 1. The zero-order valence-electron chi connectivity index (χ0n) is 13.5. The van der Waals surface area contributed by atoms with Crippen LogP contribution < -0.4 is 10.6 Å². The Kier molecular flexibility index (Phi) is 6.60. The van der Waals surface area contributed by atoms with E-state index in [2.05, 4.69) is 10.6 Å². The number of alkyl carbamates (subject to hydrolysis) is 1. The molecule has 0 saturated carbocycles. The lowest BCUT2D eigenvalue weighted by Gasteiger charge is -2.19. The Hall–Kier alpha value is -2.57. The van der Waals surface area contributed by atoms with Gasteiger partial charge in [-0.15, -0.1) is 0 Å². The number of rotatable bonds is 7. The molecule has 0 radical (unpaired) electrons. The second-order valence-electron chi connectivity index (χ2n) is 5.33. The molecule has 2 unspecified atom stereocenters. The van der Waals surface area contributed by atoms with E-state index in [1.807, 2.05) is 30.3 Å². The SMILES string of the molecule is CNc1ccc(C(O)C(O)CNC(=O)OCc2ccccc2)cc1. The van der Waals surface area contributed by atoms with Crippen molar-refractivity contribution in [3.8, 4) is 0 Å². The van der Waals surface area contributed by atoms with Crippen LogP contribution in [0.25, 0.3) is 0 Å². The van der Waals surface area contributed by atoms with Crippen LogP contribution in [-0.2, 0) is 11.3 Å². The van der Waals surface area contributed by atoms with Gasteiger partial charge >= 0.3 is 6.09 Å². The minimum absolute atomic E-state index is 0.109. The molecule has 2 aromatic carbocycles. The zero-order valence-corrected chi connectivity index (χ0v) is 13.5. The highest BCUT2D eigenvalue weighted by molar-refractivity contribution is 5.67. The van der Waals surface area contributed by atoms with Gasteiger partial charge in [0, 0.05) is 19.3 Å². The van der Waals surface area contributed by atoms with Crippen molar-refractivity contribution >= 4 is 11.8 Å². The van der Waals surface area contributed by atoms with Crippen LogP contribution in [0.3, 0.4) is 0 Å². The molecule has 1 amide bonds. The first-order valence-electron chi connectivity index (χ1n) is 7.68. The molecule has 0 saturated heterocycles. The van der Waals surface area contributed by atoms with E-state index >= 15 is 0 Å². The highest BCUT2D eigenvalue weighted by Gasteiger charge is 2.19. The molecule has 0 spiro atoms. The number of benzene rings is 2. The summed E-state index contributed by atoms with van der Waals surface area (Å²) in [6.45, 7) is 0.0410. The summed E-state index contributed by atoms with van der Waals surface area (Å²) < 4.78 is 5.04. The van der Waals surface area contributed by atoms with E-state index in [-0.39, 0.29) is 13.2 Å². The van der Waals surface area contributed by atoms with E-state index in [4.69, 9.17) is 4.74 Å². The van der Waals surface area contributed by atoms with Crippen LogP contribution in [0.15, 0.2) is 54.6 Å². The lowest BCUT2D eigenvalue weighted by molar-refractivity contribution is 0.0184. The van der Waals surface area contributed by atoms with Crippen LogP contribution in [0.4, 0.5) is 10.5 Å². The van der Waals surface area contributed by atoms with E-state index in [1.54, 1.807) is 31.3 Å². The lowest BCUT2D eigenvalue weighted by Crippen LogP contribution is -2.35. The quantitative estimate of drug-likeness (QED) is 0.624. The second-order valence-corrected chi connectivity index (χ2v) is 5.33. The normalized spacial score (nSPS) is 13.0. The summed E-state index contributed by atoms with van der Waals surface area (Å²) in [6.07, 6.45) is -2.87. The summed E-state index contributed by atoms with van der Waals surface area (Å²) in [5, 5.41) is 25.5. The van der Waals surface area contributed by atoms with E-state index in [0.29, 0.717) is 5.56 Å². The molecule has 0 aliphatic heterocycles. The highest BCUT2D eigenvalue weighted by Crippen LogP contribution is 2.19. The number of aliphatic hydroxyl groups is 2. The maximum atomic E-state index is 11.6. The highest BCUT2D eigenvalue weighted by atomic mass is 16.5. The summed E-state index contributed by atoms with van der Waals surface area (Å²) in [4.78, 5) is 11.6. The predicted octanol–water partition coefficient (Wildman–Crippen LogP) is 2.05. The number of hydrogen-bond acceptors (Lipinski definition) is 5. The first kappa shape index (κ1) is 17.8. The molecule has 24 heavy (non-hydrogen) atoms. The average Bonchev–Trinajstić information content (AvgIpc) is 2.64. The number of aliphatic hydroxyl groups excluding tert-OH is 2. The van der Waals surface area contributed by atoms with Crippen molar-refractivity contribution in [2.75, 3.05) is 18.9 Å². The van der Waals surface area contributed by atoms with Crippen LogP contribution in [0.5, 0.6) is 0 Å². The number of anilines is 1. The van der Waals surface area contributed by atoms with E-state index in [0.717, 1.165) is 11.3 Å². The summed E-state index contributed by atoms with van der Waals surface area (Å²) in [6, 6.07) is 16.3. The first-order chi connectivity index (χ1) is 11.6. The van der Waals surface area contributed by atoms with Crippen molar-refractivity contribution < 1.29 is 19.7 Å². The van der Waals surface area contributed by atoms with Gasteiger partial charge in [-0.1, -0.05) is 42.5 Å². The van der Waals surface area contributed by atoms with Crippen LogP contribution in [0.2, 0.25) is 0 Å². The van der Waals surface area contributed by atoms with Gasteiger partial charge in [0.1, 0.15) is 18.8 Å². The molecule has 0 aliphatic carbocycles. The van der Waals surface area contributed by atoms with E-state index < -0.39 is 18.3 Å². The number of amides is 1. The molecule has 0 fully saturated rings. The molecule has 2 rings (SSSR count). The number of nitrogens with one attached hydrogen (secondary N) is 2. The van der Waals surface area contributed by atoms with Gasteiger partial charge < -0.3 is 25.6 Å². The van der Waals surface area contributed by atoms with Crippen LogP contribution in [0, 0.1) is 0 Å². The molecule has 4 N–H and O–H groups in total. The third-order valence-electron chi connectivity index (χ3n) is 3.57. The molecule has 128 valence electrons. The monoisotopic (exact) mass is 330 g/mol. The maximum Gasteiger partial charge on any atom is 0.407 e. The molecular formula is C18H22N2O4. The molecule has 0 aliphatic rings. The first-order valence-corrected chi connectivity index (χ1v) is 7.68. The largest absolute Gasteiger partial charge is 0.445 e. The molecule has 2 aromatic rings. The van der Waals surface area contributed by atoms with Gasteiger partial charge in [-0.3, -0.25) is 0 Å². The minimum Gasteiger partial charge on any atom is -0.445 e. The fourth-order valence-corrected chi connectivity index (χ4v) is 2.14. The summed E-state index contributed by atoms with van der Waals surface area (Å²) >= 11 is 0. The van der Waals surface area contributed by atoms with Gasteiger partial charge in [0.05, 0.1) is 0 Å². The van der Waals surface area contributed by atoms with Crippen molar-refractivity contribution in [3.05, 3.63) is 65.7 Å². The smallest absolute Gasteiger partial charge is 0.407 e. The van der Waals surface area contributed by atoms with Gasteiger partial charge in [-0.25, -0.2) is 4.79 Å². The summed E-state index contributed by atoms with van der Waals surface area (Å²) in [7, 11) is 1.80. The molecule has 0 heterocycles. The predicted molar refractivity (Wildman–Crippen MR) is 91.6 cm³/mol. The Balaban J connectivity index is 1.76. The Morgan fingerprint density at radius 1 is 1.08 bits per heavy atom. The Morgan fingerprint density at radius 3 is 2.38 bits per heavy atom. The van der Waals surface area contributed by atoms with Crippen LogP contribution >= 0.6 is 0 Å². The van der Waals surface area contributed by atoms with Crippen LogP contribution in [0.1, 0.15) is 17.2 Å². The number of hydrogen-bond donors (Lipinski definition) is 4. The molecule has 0 aromatic heterocycles. The molecule has 6 heteroatoms. The Morgan fingerprint density at radius 2 is 1.75 bits per heavy atom. The third-order valence-corrected chi connectivity index (χ3v) is 3.57. The fraction of sp³-hybridized carbons (Fsp3) is 0.278. The van der Waals surface area contributed by atoms with Crippen LogP contribution in [-0.4, -0.2) is 36.0 Å². The Labute approximate surface area is 141 Å². The second kappa shape index (κ2) is 8.90. The van der Waals surface area contributed by atoms with Gasteiger partial charge in [-0.2, -0.15) is 0 Å². The third kappa shape index (κ3) is 5.26. The van der Waals surface area contributed by atoms with Gasteiger partial charge in [-0.05, 0) is 23.3 Å². The lowest BCUT2D eigenvalue weighted by atomic mass is 10.0. The van der Waals surface area contributed by atoms with Gasteiger partial charge in [0.25, 0.3) is 0 Å². The number of carbonyl (C=O) groups is 1. The Bertz CT molecular complexity index is 631. The van der Waals surface area contributed by atoms with Crippen molar-refractivity contribution in [2.24, 2.45) is 0 Å². The van der Waals surface area contributed by atoms with E-state index in [9.17, 15) is 15.0 Å². The minimum atomic E-state index is -1.13. The number of carbonyl (C=O) groups excluding carboxylic acids is 1. The topological polar surface area (TPSA) is 90.8 Å². The summed E-state index contributed by atoms with van der Waals surface area (Å²) in [5.74, 6) is 0. The zero-order chi connectivity index (χ0) is 17.4. The van der Waals surface area contributed by atoms with Crippen molar-refractivity contribution in [1.82, 2.24) is 5.32 Å².